The van der Waals surface area contributed by atoms with Gasteiger partial charge in [-0.15, -0.1) is 11.8 Å². The van der Waals surface area contributed by atoms with Crippen molar-refractivity contribution in [1.29, 1.82) is 0 Å². The zero-order valence-electron chi connectivity index (χ0n) is 12.4. The van der Waals surface area contributed by atoms with Crippen molar-refractivity contribution in [1.82, 2.24) is 4.57 Å². The maximum atomic E-state index is 12.0. The largest absolute Gasteiger partial charge is 0.494 e. The number of ether oxygens (including phenoxy) is 1. The Morgan fingerprint density at radius 3 is 2.39 bits per heavy atom. The van der Waals surface area contributed by atoms with Crippen molar-refractivity contribution < 1.29 is 19.7 Å². The van der Waals surface area contributed by atoms with E-state index in [1.165, 1.54) is 22.4 Å². The van der Waals surface area contributed by atoms with Gasteiger partial charge in [0.15, 0.2) is 5.88 Å². The first-order chi connectivity index (χ1) is 10.9. The van der Waals surface area contributed by atoms with Gasteiger partial charge in [-0.25, -0.2) is 0 Å². The molecule has 1 atom stereocenters. The summed E-state index contributed by atoms with van der Waals surface area (Å²) in [5.41, 5.74) is 0.862. The van der Waals surface area contributed by atoms with Crippen LogP contribution in [0.25, 0.3) is 5.69 Å². The first kappa shape index (κ1) is 18.2. The summed E-state index contributed by atoms with van der Waals surface area (Å²) in [4.78, 5) is 12.0. The van der Waals surface area contributed by atoms with Crippen molar-refractivity contribution in [2.24, 2.45) is 0 Å². The summed E-state index contributed by atoms with van der Waals surface area (Å²) in [6.45, 7) is 1.97. The molecule has 0 aliphatic carbocycles. The molecule has 1 heterocycles. The maximum absolute atomic E-state index is 12.0. The summed E-state index contributed by atoms with van der Waals surface area (Å²) in [7, 11) is 0. The minimum Gasteiger partial charge on any atom is -0.494 e. The van der Waals surface area contributed by atoms with Crippen molar-refractivity contribution in [2.75, 3.05) is 12.9 Å². The highest BCUT2D eigenvalue weighted by atomic mass is 79.9. The lowest BCUT2D eigenvalue weighted by Gasteiger charge is -2.13. The molecule has 0 aliphatic heterocycles. The summed E-state index contributed by atoms with van der Waals surface area (Å²) in [5, 5.41) is 20.0. The monoisotopic (exact) mass is 463 g/mol. The molecule has 2 rings (SSSR count). The van der Waals surface area contributed by atoms with Gasteiger partial charge >= 0.3 is 5.97 Å². The maximum Gasteiger partial charge on any atom is 0.323 e. The van der Waals surface area contributed by atoms with E-state index in [4.69, 9.17) is 4.74 Å². The predicted molar refractivity (Wildman–Crippen MR) is 97.4 cm³/mol. The lowest BCUT2D eigenvalue weighted by atomic mass is 10.2. The van der Waals surface area contributed by atoms with E-state index < -0.39 is 11.2 Å². The number of rotatable bonds is 5. The Morgan fingerprint density at radius 2 is 1.87 bits per heavy atom. The number of aromatic nitrogens is 1. The number of halogens is 2. The van der Waals surface area contributed by atoms with Crippen LogP contribution in [-0.4, -0.2) is 33.6 Å². The van der Waals surface area contributed by atoms with Crippen LogP contribution in [-0.2, 0) is 9.53 Å². The molecule has 2 N–H and O–H groups in total. The summed E-state index contributed by atoms with van der Waals surface area (Å²) in [5.74, 6) is -0.811. The van der Waals surface area contributed by atoms with Gasteiger partial charge in [0.2, 0.25) is 5.88 Å². The fourth-order valence-corrected chi connectivity index (χ4v) is 4.15. The zero-order chi connectivity index (χ0) is 17.1. The van der Waals surface area contributed by atoms with E-state index in [0.29, 0.717) is 11.3 Å². The molecule has 23 heavy (non-hydrogen) atoms. The Labute approximate surface area is 154 Å². The SMILES string of the molecule is CCOC(=O)C(SC)c1cc(O)n(-c2cc(Br)cc(Br)c2)c1O. The van der Waals surface area contributed by atoms with Gasteiger partial charge in [-0.1, -0.05) is 31.9 Å². The second kappa shape index (κ2) is 7.63. The third kappa shape index (κ3) is 3.87. The van der Waals surface area contributed by atoms with E-state index in [9.17, 15) is 15.0 Å². The van der Waals surface area contributed by atoms with Crippen molar-refractivity contribution in [3.05, 3.63) is 38.8 Å². The van der Waals surface area contributed by atoms with Crippen LogP contribution in [0.4, 0.5) is 0 Å². The van der Waals surface area contributed by atoms with Gasteiger partial charge in [0.25, 0.3) is 0 Å². The van der Waals surface area contributed by atoms with Crippen molar-refractivity contribution >= 4 is 49.6 Å². The second-order valence-electron chi connectivity index (χ2n) is 4.61. The van der Waals surface area contributed by atoms with Gasteiger partial charge in [0, 0.05) is 20.6 Å². The summed E-state index contributed by atoms with van der Waals surface area (Å²) in [6.07, 6.45) is 1.74. The molecule has 2 aromatic rings. The Kier molecular flexibility index (Phi) is 6.05. The highest BCUT2D eigenvalue weighted by Gasteiger charge is 2.28. The van der Waals surface area contributed by atoms with Crippen LogP contribution in [0.2, 0.25) is 0 Å². The molecule has 1 unspecified atom stereocenters. The van der Waals surface area contributed by atoms with Gasteiger partial charge < -0.3 is 14.9 Å². The van der Waals surface area contributed by atoms with Crippen LogP contribution in [0.3, 0.4) is 0 Å². The topological polar surface area (TPSA) is 71.7 Å². The quantitative estimate of drug-likeness (QED) is 0.642. The molecule has 124 valence electrons. The second-order valence-corrected chi connectivity index (χ2v) is 7.39. The lowest BCUT2D eigenvalue weighted by molar-refractivity contribution is -0.142. The van der Waals surface area contributed by atoms with Crippen LogP contribution in [0.1, 0.15) is 17.7 Å². The molecule has 0 radical (unpaired) electrons. The predicted octanol–water partition coefficient (Wildman–Crippen LogP) is 4.38. The first-order valence-corrected chi connectivity index (χ1v) is 9.55. The summed E-state index contributed by atoms with van der Waals surface area (Å²) >= 11 is 7.97. The van der Waals surface area contributed by atoms with E-state index in [0.717, 1.165) is 8.95 Å². The number of esters is 1. The number of thioether (sulfide) groups is 1. The number of hydrogen-bond donors (Lipinski definition) is 2. The van der Waals surface area contributed by atoms with Crippen molar-refractivity contribution in [3.63, 3.8) is 0 Å². The molecule has 0 saturated heterocycles. The Balaban J connectivity index is 2.52. The van der Waals surface area contributed by atoms with Crippen LogP contribution in [0.15, 0.2) is 33.2 Å². The molecular formula is C15H15Br2NO4S. The van der Waals surface area contributed by atoms with Gasteiger partial charge in [-0.3, -0.25) is 9.36 Å². The van der Waals surface area contributed by atoms with Gasteiger partial charge in [0.05, 0.1) is 12.3 Å². The number of carbonyl (C=O) groups excluding carboxylic acids is 1. The van der Waals surface area contributed by atoms with E-state index in [2.05, 4.69) is 31.9 Å². The average molecular weight is 465 g/mol. The smallest absolute Gasteiger partial charge is 0.323 e. The fourth-order valence-electron chi connectivity index (χ4n) is 2.19. The van der Waals surface area contributed by atoms with Gasteiger partial charge in [0.1, 0.15) is 5.25 Å². The van der Waals surface area contributed by atoms with E-state index in [1.807, 2.05) is 6.07 Å². The van der Waals surface area contributed by atoms with Crippen LogP contribution < -0.4 is 0 Å². The number of hydrogen-bond acceptors (Lipinski definition) is 5. The van der Waals surface area contributed by atoms with Crippen LogP contribution in [0, 0.1) is 0 Å². The van der Waals surface area contributed by atoms with E-state index >= 15 is 0 Å². The molecule has 0 aliphatic rings. The highest BCUT2D eigenvalue weighted by Crippen LogP contribution is 2.41. The minimum atomic E-state index is -0.710. The highest BCUT2D eigenvalue weighted by molar-refractivity contribution is 9.11. The summed E-state index contributed by atoms with van der Waals surface area (Å²) in [6, 6.07) is 6.70. The minimum absolute atomic E-state index is 0.161. The average Bonchev–Trinajstić information content (AvgIpc) is 2.74. The molecule has 0 amide bonds. The number of benzene rings is 1. The number of nitrogens with zero attached hydrogens (tertiary/aromatic N) is 1. The Morgan fingerprint density at radius 1 is 1.26 bits per heavy atom. The van der Waals surface area contributed by atoms with Crippen molar-refractivity contribution in [3.8, 4) is 17.4 Å². The normalized spacial score (nSPS) is 12.2. The molecule has 0 spiro atoms. The number of aromatic hydroxyl groups is 2. The zero-order valence-corrected chi connectivity index (χ0v) is 16.4. The lowest BCUT2D eigenvalue weighted by Crippen LogP contribution is -2.12. The molecule has 8 heteroatoms. The molecular weight excluding hydrogens is 450 g/mol. The third-order valence-electron chi connectivity index (χ3n) is 3.11. The van der Waals surface area contributed by atoms with Crippen LogP contribution >= 0.6 is 43.6 Å². The molecule has 0 bridgehead atoms. The van der Waals surface area contributed by atoms with Gasteiger partial charge in [-0.05, 0) is 31.4 Å². The Bertz CT molecular complexity index is 712. The van der Waals surface area contributed by atoms with Crippen molar-refractivity contribution in [2.45, 2.75) is 12.2 Å². The number of carbonyl (C=O) groups is 1. The van der Waals surface area contributed by atoms with Gasteiger partial charge in [-0.2, -0.15) is 0 Å². The summed E-state index contributed by atoms with van der Waals surface area (Å²) < 4.78 is 7.85. The first-order valence-electron chi connectivity index (χ1n) is 6.68. The molecule has 1 aromatic heterocycles. The fraction of sp³-hybridized carbons (Fsp3) is 0.267. The third-order valence-corrected chi connectivity index (χ3v) is 4.94. The standard InChI is InChI=1S/C15H15Br2NO4S/c1-3-22-15(21)13(23-2)11-7-12(19)18(14(11)20)10-5-8(16)4-9(17)6-10/h4-7,13,19-20H,3H2,1-2H3. The Hall–Kier alpha value is -1.12. The molecule has 1 aromatic carbocycles. The van der Waals surface area contributed by atoms with E-state index in [-0.39, 0.29) is 18.4 Å². The molecule has 0 fully saturated rings. The van der Waals surface area contributed by atoms with Crippen LogP contribution in [0.5, 0.6) is 11.8 Å². The molecule has 0 saturated carbocycles. The van der Waals surface area contributed by atoms with E-state index in [1.54, 1.807) is 25.3 Å². The molecule has 5 nitrogen and oxygen atoms in total.